The molecule has 0 aromatic carbocycles. The van der Waals surface area contributed by atoms with E-state index in [-0.39, 0.29) is 0 Å². The van der Waals surface area contributed by atoms with Gasteiger partial charge in [0.25, 0.3) is 5.91 Å². The number of amides is 1. The van der Waals surface area contributed by atoms with Crippen molar-refractivity contribution in [3.63, 3.8) is 0 Å². The number of carbonyl (C=O) groups is 1. The molecule has 2 aromatic rings. The number of aryl methyl sites for hydroxylation is 1. The van der Waals surface area contributed by atoms with E-state index in [0.29, 0.717) is 11.4 Å². The maximum absolute atomic E-state index is 11.6. The van der Waals surface area contributed by atoms with Crippen molar-refractivity contribution in [2.45, 2.75) is 0 Å². The molecule has 1 amide bonds. The lowest BCUT2D eigenvalue weighted by Gasteiger charge is -2.05. The summed E-state index contributed by atoms with van der Waals surface area (Å²) in [7, 11) is 1.73. The number of hydrogen-bond donors (Lipinski definition) is 1. The van der Waals surface area contributed by atoms with Gasteiger partial charge in [0.15, 0.2) is 6.19 Å². The molecule has 0 saturated carbocycles. The summed E-state index contributed by atoms with van der Waals surface area (Å²) in [6.45, 7) is 0. The summed E-state index contributed by atoms with van der Waals surface area (Å²) in [5, 5.41) is 14.5. The molecule has 6 heteroatoms. The first-order chi connectivity index (χ1) is 7.74. The number of nitrogens with zero attached hydrogens (tertiary/aromatic N) is 4. The number of nitriles is 1. The average molecular weight is 215 g/mol. The van der Waals surface area contributed by atoms with Crippen molar-refractivity contribution < 1.29 is 4.79 Å². The van der Waals surface area contributed by atoms with Crippen LogP contribution < -0.4 is 5.32 Å². The van der Waals surface area contributed by atoms with Crippen LogP contribution in [-0.4, -0.2) is 20.3 Å². The van der Waals surface area contributed by atoms with Gasteiger partial charge in [-0.15, -0.1) is 0 Å². The third-order valence-corrected chi connectivity index (χ3v) is 2.17. The zero-order chi connectivity index (χ0) is 11.5. The largest absolute Gasteiger partial charge is 0.308 e. The van der Waals surface area contributed by atoms with Gasteiger partial charge in [0.05, 0.1) is 6.20 Å². The Morgan fingerprint density at radius 1 is 1.50 bits per heavy atom. The van der Waals surface area contributed by atoms with Gasteiger partial charge in [-0.2, -0.15) is 10.4 Å². The van der Waals surface area contributed by atoms with Crippen LogP contribution in [0.1, 0.15) is 10.4 Å². The molecule has 0 aliphatic heterocycles. The van der Waals surface area contributed by atoms with Crippen LogP contribution in [0.25, 0.3) is 5.82 Å². The smallest absolute Gasteiger partial charge is 0.269 e. The summed E-state index contributed by atoms with van der Waals surface area (Å²) >= 11 is 0. The Kier molecular flexibility index (Phi) is 2.44. The van der Waals surface area contributed by atoms with Crippen LogP contribution in [0.3, 0.4) is 0 Å². The maximum Gasteiger partial charge on any atom is 0.269 e. The highest BCUT2D eigenvalue weighted by Gasteiger charge is 2.16. The minimum atomic E-state index is -0.459. The van der Waals surface area contributed by atoms with Crippen molar-refractivity contribution in [1.29, 1.82) is 5.26 Å². The van der Waals surface area contributed by atoms with Crippen LogP contribution in [0.5, 0.6) is 0 Å². The Labute approximate surface area is 91.7 Å². The zero-order valence-electron chi connectivity index (χ0n) is 8.58. The molecule has 0 radical (unpaired) electrons. The molecule has 2 aromatic heterocycles. The van der Waals surface area contributed by atoms with Crippen molar-refractivity contribution in [2.24, 2.45) is 7.05 Å². The molecule has 1 N–H and O–H groups in total. The SMILES string of the molecule is Cn1ncc(C(=O)NC#N)c1-n1cccc1. The number of rotatable bonds is 2. The lowest BCUT2D eigenvalue weighted by atomic mass is 10.3. The Hall–Kier alpha value is -2.55. The second kappa shape index (κ2) is 3.90. The lowest BCUT2D eigenvalue weighted by Crippen LogP contribution is -2.19. The van der Waals surface area contributed by atoms with Crippen molar-refractivity contribution >= 4 is 5.91 Å². The second-order valence-electron chi connectivity index (χ2n) is 3.16. The van der Waals surface area contributed by atoms with Gasteiger partial charge in [0, 0.05) is 19.4 Å². The summed E-state index contributed by atoms with van der Waals surface area (Å²) < 4.78 is 3.34. The molecule has 0 unspecified atom stereocenters. The summed E-state index contributed by atoms with van der Waals surface area (Å²) in [5.41, 5.74) is 0.361. The van der Waals surface area contributed by atoms with Crippen LogP contribution in [0, 0.1) is 11.5 Å². The molecule has 0 atom stereocenters. The van der Waals surface area contributed by atoms with E-state index in [1.807, 2.05) is 12.1 Å². The van der Waals surface area contributed by atoms with Gasteiger partial charge in [0.1, 0.15) is 11.4 Å². The predicted octanol–water partition coefficient (Wildman–Crippen LogP) is 0.422. The van der Waals surface area contributed by atoms with Crippen molar-refractivity contribution in [3.05, 3.63) is 36.3 Å². The molecule has 6 nitrogen and oxygen atoms in total. The zero-order valence-corrected chi connectivity index (χ0v) is 8.58. The van der Waals surface area contributed by atoms with Gasteiger partial charge in [-0.3, -0.25) is 14.8 Å². The second-order valence-corrected chi connectivity index (χ2v) is 3.16. The van der Waals surface area contributed by atoms with Crippen molar-refractivity contribution in [1.82, 2.24) is 19.7 Å². The highest BCUT2D eigenvalue weighted by Crippen LogP contribution is 2.13. The number of nitrogens with one attached hydrogen (secondary N) is 1. The fourth-order valence-corrected chi connectivity index (χ4v) is 1.49. The van der Waals surface area contributed by atoms with Crippen LogP contribution in [-0.2, 0) is 7.05 Å². The minimum Gasteiger partial charge on any atom is -0.308 e. The number of hydrogen-bond acceptors (Lipinski definition) is 3. The summed E-state index contributed by atoms with van der Waals surface area (Å²) in [4.78, 5) is 11.6. The Balaban J connectivity index is 2.49. The molecule has 0 saturated heterocycles. The summed E-state index contributed by atoms with van der Waals surface area (Å²) in [6.07, 6.45) is 6.65. The molecule has 2 heterocycles. The Bertz CT molecular complexity index is 546. The van der Waals surface area contributed by atoms with Gasteiger partial charge in [-0.1, -0.05) is 0 Å². The molecule has 80 valence electrons. The fraction of sp³-hybridized carbons (Fsp3) is 0.100. The van der Waals surface area contributed by atoms with E-state index >= 15 is 0 Å². The first-order valence-electron chi connectivity index (χ1n) is 4.59. The third-order valence-electron chi connectivity index (χ3n) is 2.17. The van der Waals surface area contributed by atoms with E-state index in [0.717, 1.165) is 0 Å². The van der Waals surface area contributed by atoms with E-state index in [9.17, 15) is 4.79 Å². The molecule has 2 rings (SSSR count). The first-order valence-corrected chi connectivity index (χ1v) is 4.59. The van der Waals surface area contributed by atoms with E-state index < -0.39 is 5.91 Å². The average Bonchev–Trinajstić information content (AvgIpc) is 2.86. The fourth-order valence-electron chi connectivity index (χ4n) is 1.49. The normalized spacial score (nSPS) is 9.75. The van der Waals surface area contributed by atoms with Crippen LogP contribution >= 0.6 is 0 Å². The van der Waals surface area contributed by atoms with Gasteiger partial charge >= 0.3 is 0 Å². The van der Waals surface area contributed by atoms with Gasteiger partial charge < -0.3 is 4.57 Å². The maximum atomic E-state index is 11.6. The third kappa shape index (κ3) is 1.54. The van der Waals surface area contributed by atoms with Crippen LogP contribution in [0.2, 0.25) is 0 Å². The molecule has 0 fully saturated rings. The predicted molar refractivity (Wildman–Crippen MR) is 55.6 cm³/mol. The number of carbonyl (C=O) groups excluding carboxylic acids is 1. The first kappa shape index (κ1) is 9.98. The minimum absolute atomic E-state index is 0.361. The standard InChI is InChI=1S/C10H9N5O/c1-14-10(15-4-2-3-5-15)8(6-13-14)9(16)12-7-11/h2-6H,1H3,(H,12,16). The molecular weight excluding hydrogens is 206 g/mol. The molecular formula is C10H9N5O. The molecule has 16 heavy (non-hydrogen) atoms. The van der Waals surface area contributed by atoms with E-state index in [1.165, 1.54) is 6.20 Å². The van der Waals surface area contributed by atoms with Gasteiger partial charge in [-0.05, 0) is 12.1 Å². The lowest BCUT2D eigenvalue weighted by molar-refractivity contribution is 0.0973. The topological polar surface area (TPSA) is 75.6 Å². The molecule has 0 aliphatic rings. The van der Waals surface area contributed by atoms with E-state index in [1.54, 1.807) is 34.9 Å². The molecule has 0 spiro atoms. The van der Waals surface area contributed by atoms with Gasteiger partial charge in [0.2, 0.25) is 0 Å². The Morgan fingerprint density at radius 3 is 2.81 bits per heavy atom. The molecule has 0 bridgehead atoms. The number of aromatic nitrogens is 3. The quantitative estimate of drug-likeness (QED) is 0.582. The Morgan fingerprint density at radius 2 is 2.19 bits per heavy atom. The van der Waals surface area contributed by atoms with E-state index in [2.05, 4.69) is 10.4 Å². The summed E-state index contributed by atoms with van der Waals surface area (Å²) in [6, 6.07) is 3.69. The van der Waals surface area contributed by atoms with Gasteiger partial charge in [-0.25, -0.2) is 0 Å². The monoisotopic (exact) mass is 215 g/mol. The highest BCUT2D eigenvalue weighted by molar-refractivity contribution is 5.97. The summed E-state index contributed by atoms with van der Waals surface area (Å²) in [5.74, 6) is 0.164. The van der Waals surface area contributed by atoms with Crippen LogP contribution in [0.15, 0.2) is 30.7 Å². The highest BCUT2D eigenvalue weighted by atomic mass is 16.1. The van der Waals surface area contributed by atoms with Crippen LogP contribution in [0.4, 0.5) is 0 Å². The van der Waals surface area contributed by atoms with E-state index in [4.69, 9.17) is 5.26 Å². The van der Waals surface area contributed by atoms with Crippen molar-refractivity contribution in [3.8, 4) is 12.0 Å². The van der Waals surface area contributed by atoms with Crippen molar-refractivity contribution in [2.75, 3.05) is 0 Å². The molecule has 0 aliphatic carbocycles.